The monoisotopic (exact) mass is 322 g/mol. The number of primary sulfonamides is 1. The van der Waals surface area contributed by atoms with Crippen LogP contribution >= 0.6 is 11.3 Å². The van der Waals surface area contributed by atoms with Crippen LogP contribution in [0.15, 0.2) is 15.7 Å². The molecule has 1 amide bonds. The first-order chi connectivity index (χ1) is 9.10. The summed E-state index contributed by atoms with van der Waals surface area (Å²) in [6, 6.07) is 1.09. The molecule has 0 aliphatic rings. The number of thiophene rings is 1. The Bertz CT molecular complexity index is 623. The number of aliphatic carboxylic acids is 1. The molecule has 0 aliphatic carbocycles. The first-order valence-electron chi connectivity index (χ1n) is 5.26. The van der Waals surface area contributed by atoms with Crippen LogP contribution < -0.4 is 10.5 Å². The Morgan fingerprint density at radius 1 is 1.55 bits per heavy atom. The van der Waals surface area contributed by atoms with Crippen molar-refractivity contribution in [2.24, 2.45) is 5.14 Å². The average Bonchev–Trinajstić information content (AvgIpc) is 2.77. The van der Waals surface area contributed by atoms with Crippen molar-refractivity contribution in [3.8, 4) is 0 Å². The molecule has 0 fully saturated rings. The lowest BCUT2D eigenvalue weighted by Gasteiger charge is -2.24. The predicted molar refractivity (Wildman–Crippen MR) is 71.1 cm³/mol. The van der Waals surface area contributed by atoms with Crippen molar-refractivity contribution in [1.82, 2.24) is 5.32 Å². The molecule has 1 unspecified atom stereocenters. The summed E-state index contributed by atoms with van der Waals surface area (Å²) in [4.78, 5) is 23.1. The molecule has 1 aromatic rings. The predicted octanol–water partition coefficient (Wildman–Crippen LogP) is -0.385. The third kappa shape index (κ3) is 3.76. The Kier molecular flexibility index (Phi) is 4.86. The molecule has 10 heteroatoms. The number of nitrogens with one attached hydrogen (secondary N) is 1. The Labute approximate surface area is 119 Å². The Morgan fingerprint density at radius 3 is 2.55 bits per heavy atom. The molecule has 0 saturated heterocycles. The molecule has 0 aromatic carbocycles. The lowest BCUT2D eigenvalue weighted by atomic mass is 10.0. The fourth-order valence-electron chi connectivity index (χ4n) is 1.35. The number of hydrogen-bond acceptors (Lipinski definition) is 6. The average molecular weight is 322 g/mol. The van der Waals surface area contributed by atoms with Crippen LogP contribution in [0.3, 0.4) is 0 Å². The van der Waals surface area contributed by atoms with E-state index in [4.69, 9.17) is 15.0 Å². The number of rotatable bonds is 6. The van der Waals surface area contributed by atoms with Gasteiger partial charge in [0.05, 0.1) is 12.2 Å². The number of nitrogens with two attached hydrogens (primary N) is 1. The second kappa shape index (κ2) is 5.87. The summed E-state index contributed by atoms with van der Waals surface area (Å²) >= 11 is 0.780. The lowest BCUT2D eigenvalue weighted by Crippen LogP contribution is -2.55. The van der Waals surface area contributed by atoms with Crippen LogP contribution in [0.25, 0.3) is 0 Å². The number of hydrogen-bond donors (Lipinski definition) is 3. The third-order valence-electron chi connectivity index (χ3n) is 2.41. The Balaban J connectivity index is 2.96. The minimum Gasteiger partial charge on any atom is -0.479 e. The zero-order valence-corrected chi connectivity index (χ0v) is 12.4. The standard InChI is InChI=1S/C10H14N2O6S2/c1-10(5-18-2,9(14)15)12-8(13)6-3-7(19-4-6)20(11,16)17/h3-4H,5H2,1-2H3,(H,12,13)(H,14,15)(H2,11,16,17). The van der Waals surface area contributed by atoms with Crippen LogP contribution in [-0.4, -0.2) is 44.7 Å². The molecule has 0 spiro atoms. The molecule has 112 valence electrons. The van der Waals surface area contributed by atoms with Crippen molar-refractivity contribution in [2.45, 2.75) is 16.7 Å². The maximum atomic E-state index is 11.9. The smallest absolute Gasteiger partial charge is 0.331 e. The Morgan fingerprint density at radius 2 is 2.15 bits per heavy atom. The summed E-state index contributed by atoms with van der Waals surface area (Å²) < 4.78 is 26.8. The van der Waals surface area contributed by atoms with E-state index in [0.717, 1.165) is 17.4 Å². The van der Waals surface area contributed by atoms with Crippen LogP contribution in [0, 0.1) is 0 Å². The summed E-state index contributed by atoms with van der Waals surface area (Å²) in [6.45, 7) is 1.05. The molecular formula is C10H14N2O6S2. The van der Waals surface area contributed by atoms with E-state index in [1.807, 2.05) is 0 Å². The van der Waals surface area contributed by atoms with Gasteiger partial charge in [-0.3, -0.25) is 4.79 Å². The summed E-state index contributed by atoms with van der Waals surface area (Å²) in [5, 5.41) is 17.6. The fourth-order valence-corrected chi connectivity index (χ4v) is 2.93. The van der Waals surface area contributed by atoms with Crippen LogP contribution in [0.5, 0.6) is 0 Å². The van der Waals surface area contributed by atoms with E-state index in [1.165, 1.54) is 19.4 Å². The highest BCUT2D eigenvalue weighted by Crippen LogP contribution is 2.19. The number of ether oxygens (including phenoxy) is 1. The molecule has 1 rings (SSSR count). The topological polar surface area (TPSA) is 136 Å². The van der Waals surface area contributed by atoms with E-state index >= 15 is 0 Å². The summed E-state index contributed by atoms with van der Waals surface area (Å²) in [5.74, 6) is -1.99. The number of methoxy groups -OCH3 is 1. The van der Waals surface area contributed by atoms with Gasteiger partial charge in [0.25, 0.3) is 5.91 Å². The number of amides is 1. The molecule has 0 aliphatic heterocycles. The normalized spacial score (nSPS) is 14.6. The van der Waals surface area contributed by atoms with Gasteiger partial charge in [0.15, 0.2) is 5.54 Å². The second-order valence-corrected chi connectivity index (χ2v) is 6.92. The summed E-state index contributed by atoms with van der Waals surface area (Å²) in [7, 11) is -2.59. The van der Waals surface area contributed by atoms with E-state index in [9.17, 15) is 18.0 Å². The Hall–Kier alpha value is -1.49. The van der Waals surface area contributed by atoms with E-state index < -0.39 is 27.4 Å². The number of sulfonamides is 1. The maximum absolute atomic E-state index is 11.9. The largest absolute Gasteiger partial charge is 0.479 e. The van der Waals surface area contributed by atoms with Gasteiger partial charge in [0, 0.05) is 12.5 Å². The minimum atomic E-state index is -3.89. The van der Waals surface area contributed by atoms with Crippen molar-refractivity contribution in [3.05, 3.63) is 17.0 Å². The van der Waals surface area contributed by atoms with Gasteiger partial charge in [-0.15, -0.1) is 11.3 Å². The van der Waals surface area contributed by atoms with Gasteiger partial charge in [0.2, 0.25) is 10.0 Å². The quantitative estimate of drug-likeness (QED) is 0.653. The number of carbonyl (C=O) groups excluding carboxylic acids is 1. The molecule has 0 bridgehead atoms. The van der Waals surface area contributed by atoms with E-state index in [2.05, 4.69) is 5.32 Å². The van der Waals surface area contributed by atoms with Crippen molar-refractivity contribution in [3.63, 3.8) is 0 Å². The lowest BCUT2D eigenvalue weighted by molar-refractivity contribution is -0.145. The first-order valence-corrected chi connectivity index (χ1v) is 7.69. The van der Waals surface area contributed by atoms with Crippen LogP contribution in [0.2, 0.25) is 0 Å². The SMILES string of the molecule is COCC(C)(NC(=O)c1csc(S(N)(=O)=O)c1)C(=O)O. The number of carbonyl (C=O) groups is 2. The van der Waals surface area contributed by atoms with Gasteiger partial charge in [-0.25, -0.2) is 18.4 Å². The highest BCUT2D eigenvalue weighted by molar-refractivity contribution is 7.91. The van der Waals surface area contributed by atoms with Gasteiger partial charge in [-0.2, -0.15) is 0 Å². The molecule has 1 atom stereocenters. The van der Waals surface area contributed by atoms with Crippen LogP contribution in [0.1, 0.15) is 17.3 Å². The van der Waals surface area contributed by atoms with Gasteiger partial charge < -0.3 is 15.2 Å². The molecule has 8 nitrogen and oxygen atoms in total. The van der Waals surface area contributed by atoms with Crippen molar-refractivity contribution in [2.75, 3.05) is 13.7 Å². The highest BCUT2D eigenvalue weighted by Gasteiger charge is 2.35. The third-order valence-corrected chi connectivity index (χ3v) is 4.80. The molecular weight excluding hydrogens is 308 g/mol. The van der Waals surface area contributed by atoms with Crippen molar-refractivity contribution < 1.29 is 27.9 Å². The summed E-state index contributed by atoms with van der Waals surface area (Å²) in [5.41, 5.74) is -1.60. The number of carboxylic acids is 1. The van der Waals surface area contributed by atoms with Gasteiger partial charge >= 0.3 is 5.97 Å². The van der Waals surface area contributed by atoms with Crippen molar-refractivity contribution >= 4 is 33.2 Å². The minimum absolute atomic E-state index is 0.0163. The van der Waals surface area contributed by atoms with Gasteiger partial charge in [-0.05, 0) is 13.0 Å². The van der Waals surface area contributed by atoms with Crippen LogP contribution in [-0.2, 0) is 19.6 Å². The second-order valence-electron chi connectivity index (χ2n) is 4.22. The van der Waals surface area contributed by atoms with Gasteiger partial charge in [-0.1, -0.05) is 0 Å². The first kappa shape index (κ1) is 16.6. The number of carboxylic acid groups (broad SMARTS) is 1. The zero-order chi connectivity index (χ0) is 15.6. The van der Waals surface area contributed by atoms with E-state index in [-0.39, 0.29) is 16.4 Å². The van der Waals surface area contributed by atoms with E-state index in [0.29, 0.717) is 0 Å². The molecule has 0 saturated carbocycles. The van der Waals surface area contributed by atoms with E-state index in [1.54, 1.807) is 0 Å². The maximum Gasteiger partial charge on any atom is 0.331 e. The summed E-state index contributed by atoms with van der Waals surface area (Å²) in [6.07, 6.45) is 0. The molecule has 20 heavy (non-hydrogen) atoms. The molecule has 0 radical (unpaired) electrons. The van der Waals surface area contributed by atoms with Gasteiger partial charge in [0.1, 0.15) is 4.21 Å². The van der Waals surface area contributed by atoms with Crippen LogP contribution in [0.4, 0.5) is 0 Å². The zero-order valence-electron chi connectivity index (χ0n) is 10.7. The molecule has 1 heterocycles. The fraction of sp³-hybridized carbons (Fsp3) is 0.400. The highest BCUT2D eigenvalue weighted by atomic mass is 32.2. The molecule has 4 N–H and O–H groups in total. The molecule has 1 aromatic heterocycles. The van der Waals surface area contributed by atoms with Crippen molar-refractivity contribution in [1.29, 1.82) is 0 Å².